The van der Waals surface area contributed by atoms with E-state index in [0.717, 1.165) is 13.0 Å². The molecule has 5 nitrogen and oxygen atoms in total. The van der Waals surface area contributed by atoms with Gasteiger partial charge in [-0.05, 0) is 25.0 Å². The van der Waals surface area contributed by atoms with E-state index in [9.17, 15) is 9.18 Å². The largest absolute Gasteiger partial charge is 0.465 e. The molecule has 2 fully saturated rings. The minimum atomic E-state index is -0.723. The van der Waals surface area contributed by atoms with Gasteiger partial charge in [0.15, 0.2) is 0 Å². The predicted molar refractivity (Wildman–Crippen MR) is 78.7 cm³/mol. The molecule has 1 aromatic carbocycles. The first-order valence-corrected chi connectivity index (χ1v) is 7.13. The number of nitrogens with two attached hydrogens (primary N) is 1. The van der Waals surface area contributed by atoms with Crippen molar-refractivity contribution < 1.29 is 13.9 Å². The molecule has 21 heavy (non-hydrogen) atoms. The number of nitrogens with one attached hydrogen (secondary N) is 2. The number of methoxy groups -OCH3 is 1. The van der Waals surface area contributed by atoms with Gasteiger partial charge in [0, 0.05) is 24.0 Å². The number of halogens is 1. The summed E-state index contributed by atoms with van der Waals surface area (Å²) in [7, 11) is 1.21. The number of esters is 1. The Kier molecular flexibility index (Phi) is 3.28. The van der Waals surface area contributed by atoms with Crippen molar-refractivity contribution in [1.82, 2.24) is 5.32 Å². The highest BCUT2D eigenvalue weighted by Crippen LogP contribution is 2.48. The Morgan fingerprint density at radius 2 is 2.33 bits per heavy atom. The van der Waals surface area contributed by atoms with Gasteiger partial charge in [-0.1, -0.05) is 6.92 Å². The molecule has 4 N–H and O–H groups in total. The molecule has 6 heteroatoms. The third-order valence-electron chi connectivity index (χ3n) is 5.01. The summed E-state index contributed by atoms with van der Waals surface area (Å²) in [5, 5.41) is 6.79. The van der Waals surface area contributed by atoms with Crippen molar-refractivity contribution in [3.05, 3.63) is 23.5 Å². The molecule has 0 spiro atoms. The van der Waals surface area contributed by atoms with Crippen LogP contribution in [-0.2, 0) is 4.74 Å². The van der Waals surface area contributed by atoms with Gasteiger partial charge in [0.2, 0.25) is 0 Å². The summed E-state index contributed by atoms with van der Waals surface area (Å²) in [6.07, 6.45) is 2.32. The molecule has 0 aromatic heterocycles. The number of fused-ring (bicyclic) bond motifs is 1. The Hall–Kier alpha value is -1.82. The summed E-state index contributed by atoms with van der Waals surface area (Å²) in [5.74, 6) is -1.35. The fourth-order valence-electron chi connectivity index (χ4n) is 3.37. The summed E-state index contributed by atoms with van der Waals surface area (Å²) < 4.78 is 18.5. The molecule has 1 saturated heterocycles. The lowest BCUT2D eigenvalue weighted by molar-refractivity contribution is 0.0595. The van der Waals surface area contributed by atoms with Gasteiger partial charge in [0.05, 0.1) is 24.0 Å². The Morgan fingerprint density at radius 1 is 1.57 bits per heavy atom. The monoisotopic (exact) mass is 293 g/mol. The van der Waals surface area contributed by atoms with Crippen LogP contribution in [0.15, 0.2) is 12.1 Å². The van der Waals surface area contributed by atoms with E-state index in [-0.39, 0.29) is 17.0 Å². The molecular formula is C15H20FN3O2. The van der Waals surface area contributed by atoms with Gasteiger partial charge < -0.3 is 21.1 Å². The van der Waals surface area contributed by atoms with Crippen molar-refractivity contribution in [2.45, 2.75) is 31.8 Å². The molecule has 3 atom stereocenters. The van der Waals surface area contributed by atoms with Gasteiger partial charge in [-0.3, -0.25) is 0 Å². The third-order valence-corrected chi connectivity index (χ3v) is 5.01. The van der Waals surface area contributed by atoms with Crippen LogP contribution >= 0.6 is 0 Å². The van der Waals surface area contributed by atoms with Crippen molar-refractivity contribution in [1.29, 1.82) is 0 Å². The first-order chi connectivity index (χ1) is 9.95. The van der Waals surface area contributed by atoms with Crippen LogP contribution in [0.2, 0.25) is 0 Å². The number of benzene rings is 1. The predicted octanol–water partition coefficient (Wildman–Crippen LogP) is 1.75. The smallest absolute Gasteiger partial charge is 0.340 e. The van der Waals surface area contributed by atoms with Gasteiger partial charge in [-0.15, -0.1) is 0 Å². The number of hydrogen-bond donors (Lipinski definition) is 3. The maximum atomic E-state index is 14.0. The van der Waals surface area contributed by atoms with Crippen molar-refractivity contribution >= 4 is 17.3 Å². The summed E-state index contributed by atoms with van der Waals surface area (Å²) in [5.41, 5.74) is 6.87. The Balaban J connectivity index is 1.83. The first kappa shape index (κ1) is 14.1. The molecule has 3 unspecified atom stereocenters. The van der Waals surface area contributed by atoms with Gasteiger partial charge in [0.25, 0.3) is 0 Å². The molecule has 0 bridgehead atoms. The number of anilines is 2. The average Bonchev–Trinajstić information content (AvgIpc) is 2.66. The molecule has 1 aliphatic carbocycles. The van der Waals surface area contributed by atoms with Crippen LogP contribution in [0.1, 0.15) is 30.1 Å². The molecular weight excluding hydrogens is 273 g/mol. The topological polar surface area (TPSA) is 76.4 Å². The van der Waals surface area contributed by atoms with E-state index in [2.05, 4.69) is 22.3 Å². The zero-order valence-corrected chi connectivity index (χ0v) is 12.2. The lowest BCUT2D eigenvalue weighted by Gasteiger charge is -2.45. The molecule has 3 rings (SSSR count). The van der Waals surface area contributed by atoms with E-state index < -0.39 is 11.8 Å². The second-order valence-electron chi connectivity index (χ2n) is 6.11. The Labute approximate surface area is 123 Å². The average molecular weight is 293 g/mol. The molecule has 2 aliphatic rings. The van der Waals surface area contributed by atoms with Gasteiger partial charge in [-0.25, -0.2) is 9.18 Å². The fraction of sp³-hybridized carbons (Fsp3) is 0.533. The van der Waals surface area contributed by atoms with Crippen molar-refractivity contribution in [2.75, 3.05) is 24.7 Å². The summed E-state index contributed by atoms with van der Waals surface area (Å²) in [6.45, 7) is 3.06. The van der Waals surface area contributed by atoms with E-state index in [4.69, 9.17) is 5.73 Å². The van der Waals surface area contributed by atoms with E-state index >= 15 is 0 Å². The molecule has 0 amide bonds. The first-order valence-electron chi connectivity index (χ1n) is 7.13. The van der Waals surface area contributed by atoms with Gasteiger partial charge in [-0.2, -0.15) is 0 Å². The second kappa shape index (κ2) is 4.87. The van der Waals surface area contributed by atoms with Crippen LogP contribution < -0.4 is 16.4 Å². The number of rotatable bonds is 3. The Morgan fingerprint density at radius 3 is 2.90 bits per heavy atom. The SMILES string of the molecule is COC(=O)c1cc(N)c(NC2CNC3CCC32C)cc1F. The lowest BCUT2D eigenvalue weighted by atomic mass is 9.64. The van der Waals surface area contributed by atoms with E-state index in [1.165, 1.54) is 25.7 Å². The standard InChI is InChI=1S/C15H20FN3O2/c1-15-4-3-12(15)18-7-13(15)19-11-6-9(16)8(5-10(11)17)14(20)21-2/h5-6,12-13,18-19H,3-4,7,17H2,1-2H3. The minimum Gasteiger partial charge on any atom is -0.465 e. The third kappa shape index (κ3) is 2.14. The van der Waals surface area contributed by atoms with Gasteiger partial charge >= 0.3 is 5.97 Å². The van der Waals surface area contributed by atoms with E-state index in [0.29, 0.717) is 17.4 Å². The molecule has 114 valence electrons. The number of nitrogen functional groups attached to an aromatic ring is 1. The highest BCUT2D eigenvalue weighted by Gasteiger charge is 2.52. The number of carbonyl (C=O) groups excluding carboxylic acids is 1. The minimum absolute atomic E-state index is 0.141. The maximum Gasteiger partial charge on any atom is 0.340 e. The molecule has 1 aromatic rings. The second-order valence-corrected chi connectivity index (χ2v) is 6.11. The van der Waals surface area contributed by atoms with Crippen molar-refractivity contribution in [2.24, 2.45) is 5.41 Å². The van der Waals surface area contributed by atoms with Crippen molar-refractivity contribution in [3.63, 3.8) is 0 Å². The highest BCUT2D eigenvalue weighted by atomic mass is 19.1. The molecule has 1 heterocycles. The number of ether oxygens (including phenoxy) is 1. The van der Waals surface area contributed by atoms with E-state index in [1.807, 2.05) is 0 Å². The fourth-order valence-corrected chi connectivity index (χ4v) is 3.37. The van der Waals surface area contributed by atoms with Crippen LogP contribution in [0, 0.1) is 11.2 Å². The van der Waals surface area contributed by atoms with Gasteiger partial charge in [0.1, 0.15) is 5.82 Å². The summed E-state index contributed by atoms with van der Waals surface area (Å²) in [6, 6.07) is 3.33. The maximum absolute atomic E-state index is 14.0. The zero-order valence-electron chi connectivity index (χ0n) is 12.2. The number of hydrogen-bond acceptors (Lipinski definition) is 5. The summed E-state index contributed by atoms with van der Waals surface area (Å²) in [4.78, 5) is 11.4. The number of carbonyl (C=O) groups is 1. The van der Waals surface area contributed by atoms with Crippen LogP contribution in [-0.4, -0.2) is 31.7 Å². The molecule has 1 saturated carbocycles. The molecule has 0 radical (unpaired) electrons. The Bertz CT molecular complexity index is 593. The van der Waals surface area contributed by atoms with Crippen LogP contribution in [0.3, 0.4) is 0 Å². The van der Waals surface area contributed by atoms with Crippen LogP contribution in [0.4, 0.5) is 15.8 Å². The quantitative estimate of drug-likeness (QED) is 0.584. The van der Waals surface area contributed by atoms with Crippen LogP contribution in [0.5, 0.6) is 0 Å². The molecule has 1 aliphatic heterocycles. The zero-order chi connectivity index (χ0) is 15.2. The normalized spacial score (nSPS) is 30.4. The van der Waals surface area contributed by atoms with Crippen LogP contribution in [0.25, 0.3) is 0 Å². The van der Waals surface area contributed by atoms with E-state index in [1.54, 1.807) is 0 Å². The summed E-state index contributed by atoms with van der Waals surface area (Å²) >= 11 is 0. The highest BCUT2D eigenvalue weighted by molar-refractivity contribution is 5.92. The van der Waals surface area contributed by atoms with Crippen molar-refractivity contribution in [3.8, 4) is 0 Å². The lowest BCUT2D eigenvalue weighted by Crippen LogP contribution is -2.50.